The Morgan fingerprint density at radius 3 is 1.54 bits per heavy atom. The molecular formula is C42H58N4O15. The lowest BCUT2D eigenvalue weighted by Gasteiger charge is -2.29. The number of ketones is 1. The molecule has 19 heteroatoms. The number of carbonyl (C=O) groups is 7. The van der Waals surface area contributed by atoms with Gasteiger partial charge in [0.25, 0.3) is 0 Å². The normalized spacial score (nSPS) is 18.6. The molecule has 336 valence electrons. The predicted octanol–water partition coefficient (Wildman–Crippen LogP) is 1.71. The lowest BCUT2D eigenvalue weighted by atomic mass is 10.0. The number of amides is 4. The second-order valence-corrected chi connectivity index (χ2v) is 14.9. The van der Waals surface area contributed by atoms with Gasteiger partial charge in [0.15, 0.2) is 11.6 Å². The number of aliphatic hydroxyl groups excluding tert-OH is 2. The fourth-order valence-corrected chi connectivity index (χ4v) is 6.53. The van der Waals surface area contributed by atoms with Crippen molar-refractivity contribution < 1.29 is 72.2 Å². The number of ether oxygens (including phenoxy) is 6. The first-order chi connectivity index (χ1) is 29.1. The molecule has 4 atom stereocenters. The first kappa shape index (κ1) is 49.7. The molecule has 2 aromatic carbocycles. The van der Waals surface area contributed by atoms with Gasteiger partial charge >= 0.3 is 24.1 Å². The summed E-state index contributed by atoms with van der Waals surface area (Å²) in [5, 5.41) is 20.3. The van der Waals surface area contributed by atoms with Crippen molar-refractivity contribution in [3.8, 4) is 0 Å². The van der Waals surface area contributed by atoms with E-state index in [0.29, 0.717) is 13.2 Å². The average Bonchev–Trinajstić information content (AvgIpc) is 4.01. The minimum absolute atomic E-state index is 0.0560. The molecule has 3 fully saturated rings. The third kappa shape index (κ3) is 14.8. The summed E-state index contributed by atoms with van der Waals surface area (Å²) in [7, 11) is 2.42. The minimum atomic E-state index is -1.03. The summed E-state index contributed by atoms with van der Waals surface area (Å²) < 4.78 is 31.4. The van der Waals surface area contributed by atoms with Crippen LogP contribution in [0, 0.1) is 11.8 Å². The van der Waals surface area contributed by atoms with E-state index < -0.39 is 65.9 Å². The zero-order chi connectivity index (χ0) is 45.1. The van der Waals surface area contributed by atoms with Gasteiger partial charge in [-0.3, -0.25) is 14.4 Å². The lowest BCUT2D eigenvalue weighted by molar-refractivity contribution is -0.155. The minimum Gasteiger partial charge on any atom is -0.459 e. The van der Waals surface area contributed by atoms with E-state index in [0.717, 1.165) is 11.1 Å². The van der Waals surface area contributed by atoms with E-state index in [1.54, 1.807) is 27.7 Å². The average molecular weight is 859 g/mol. The first-order valence-corrected chi connectivity index (χ1v) is 19.8. The van der Waals surface area contributed by atoms with E-state index in [-0.39, 0.29) is 70.0 Å². The SMILES string of the molecule is COC(=O)N[C@H](C(=O)N1CC(=O)C[C@H]1C(=O)OCc1ccccc1)C(C)C.COC(=O)N[C@H](C(=O)N1CC2(C[C@H]1C(=O)OCc1ccccc1)OCCO2)C(C)C.OCCO. The van der Waals surface area contributed by atoms with Gasteiger partial charge in [-0.05, 0) is 23.0 Å². The van der Waals surface area contributed by atoms with Crippen molar-refractivity contribution in [2.75, 3.05) is 53.7 Å². The monoisotopic (exact) mass is 858 g/mol. The van der Waals surface area contributed by atoms with Crippen molar-refractivity contribution >= 4 is 41.7 Å². The molecule has 2 aromatic rings. The molecular weight excluding hydrogens is 800 g/mol. The van der Waals surface area contributed by atoms with Crippen LogP contribution >= 0.6 is 0 Å². The Balaban J connectivity index is 0.000000301. The van der Waals surface area contributed by atoms with E-state index in [1.807, 2.05) is 60.7 Å². The molecule has 19 nitrogen and oxygen atoms in total. The number of hydrogen-bond donors (Lipinski definition) is 4. The van der Waals surface area contributed by atoms with Crippen LogP contribution in [-0.4, -0.2) is 145 Å². The van der Waals surface area contributed by atoms with E-state index in [2.05, 4.69) is 20.1 Å². The molecule has 3 heterocycles. The van der Waals surface area contributed by atoms with Gasteiger partial charge in [-0.2, -0.15) is 0 Å². The maximum atomic E-state index is 13.3. The summed E-state index contributed by atoms with van der Waals surface area (Å²) in [6, 6.07) is 14.8. The van der Waals surface area contributed by atoms with Crippen LogP contribution < -0.4 is 10.6 Å². The topological polar surface area (TPSA) is 246 Å². The van der Waals surface area contributed by atoms with E-state index in [1.165, 1.54) is 24.0 Å². The smallest absolute Gasteiger partial charge is 0.407 e. The molecule has 3 saturated heterocycles. The third-order valence-electron chi connectivity index (χ3n) is 9.69. The van der Waals surface area contributed by atoms with E-state index in [4.69, 9.17) is 29.2 Å². The highest BCUT2D eigenvalue weighted by Gasteiger charge is 2.54. The summed E-state index contributed by atoms with van der Waals surface area (Å²) >= 11 is 0. The number of esters is 2. The van der Waals surface area contributed by atoms with Gasteiger partial charge in [-0.1, -0.05) is 88.4 Å². The van der Waals surface area contributed by atoms with Crippen LogP contribution in [-0.2, 0) is 65.6 Å². The zero-order valence-electron chi connectivity index (χ0n) is 35.4. The van der Waals surface area contributed by atoms with Gasteiger partial charge < -0.3 is 59.1 Å². The number of rotatable bonds is 13. The highest BCUT2D eigenvalue weighted by Crippen LogP contribution is 2.36. The Labute approximate surface area is 354 Å². The number of aliphatic hydroxyl groups is 2. The number of Topliss-reactive ketones (excluding diaryl/α,β-unsaturated/α-hetero) is 1. The standard InChI is InChI=1S/C21H28N2O7.C19H24N2O6.C2H6O2/c1-14(2)17(22-20(26)27-3)18(24)23-13-21(29-9-10-30-21)11-16(23)19(25)28-12-15-7-5-4-6-8-15;1-12(2)16(20-19(25)26-3)17(23)21-10-14(22)9-15(21)18(24)27-11-13-7-5-4-6-8-13;3-1-2-4/h4-8,14,16-17H,9-13H2,1-3H3,(H,22,26);4-8,12,15-16H,9-11H2,1-3H3,(H,20,25);3-4H,1-2H2/t16-,17-;15-,16-;/m00./s1. The number of alkyl carbamates (subject to hydrolysis) is 2. The van der Waals surface area contributed by atoms with Gasteiger partial charge in [-0.25, -0.2) is 19.2 Å². The number of hydrogen-bond acceptors (Lipinski definition) is 15. The van der Waals surface area contributed by atoms with Gasteiger partial charge in [0.1, 0.15) is 37.4 Å². The van der Waals surface area contributed by atoms with Crippen LogP contribution in [0.15, 0.2) is 60.7 Å². The molecule has 0 radical (unpaired) electrons. The van der Waals surface area contributed by atoms with Gasteiger partial charge in [0.2, 0.25) is 11.8 Å². The van der Waals surface area contributed by atoms with Gasteiger partial charge in [0, 0.05) is 12.8 Å². The molecule has 3 aliphatic heterocycles. The Morgan fingerprint density at radius 1 is 0.705 bits per heavy atom. The molecule has 1 spiro atoms. The molecule has 61 heavy (non-hydrogen) atoms. The number of nitrogens with one attached hydrogen (secondary N) is 2. The Kier molecular flexibility index (Phi) is 20.0. The van der Waals surface area contributed by atoms with Crippen molar-refractivity contribution in [1.29, 1.82) is 0 Å². The summed E-state index contributed by atoms with van der Waals surface area (Å²) in [5.41, 5.74) is 1.65. The second kappa shape index (κ2) is 24.6. The van der Waals surface area contributed by atoms with Crippen LogP contribution in [0.5, 0.6) is 0 Å². The Hall–Kier alpha value is -5.63. The largest absolute Gasteiger partial charge is 0.459 e. The van der Waals surface area contributed by atoms with E-state index >= 15 is 0 Å². The molecule has 0 saturated carbocycles. The van der Waals surface area contributed by atoms with Crippen LogP contribution in [0.25, 0.3) is 0 Å². The molecule has 0 bridgehead atoms. The molecule has 3 aliphatic rings. The fraction of sp³-hybridized carbons (Fsp3) is 0.548. The first-order valence-electron chi connectivity index (χ1n) is 19.8. The van der Waals surface area contributed by atoms with Crippen molar-refractivity contribution in [1.82, 2.24) is 20.4 Å². The second-order valence-electron chi connectivity index (χ2n) is 14.9. The Bertz CT molecular complexity index is 1750. The fourth-order valence-electron chi connectivity index (χ4n) is 6.53. The molecule has 0 unspecified atom stereocenters. The van der Waals surface area contributed by atoms with Gasteiger partial charge in [0.05, 0.1) is 53.7 Å². The van der Waals surface area contributed by atoms with Crippen molar-refractivity contribution in [3.63, 3.8) is 0 Å². The molecule has 5 rings (SSSR count). The lowest BCUT2D eigenvalue weighted by Crippen LogP contribution is -2.54. The maximum Gasteiger partial charge on any atom is 0.407 e. The summed E-state index contributed by atoms with van der Waals surface area (Å²) in [6.45, 7) is 7.69. The maximum absolute atomic E-state index is 13.3. The molecule has 0 aliphatic carbocycles. The van der Waals surface area contributed by atoms with Crippen molar-refractivity contribution in [2.24, 2.45) is 11.8 Å². The van der Waals surface area contributed by atoms with Crippen LogP contribution in [0.1, 0.15) is 51.7 Å². The highest BCUT2D eigenvalue weighted by molar-refractivity contribution is 5.99. The summed E-state index contributed by atoms with van der Waals surface area (Å²) in [5.74, 6) is -3.84. The summed E-state index contributed by atoms with van der Waals surface area (Å²) in [6.07, 6.45) is -1.39. The quantitative estimate of drug-likeness (QED) is 0.166. The number of carbonyl (C=O) groups excluding carboxylic acids is 7. The van der Waals surface area contributed by atoms with Crippen LogP contribution in [0.4, 0.5) is 9.59 Å². The van der Waals surface area contributed by atoms with Crippen LogP contribution in [0.2, 0.25) is 0 Å². The van der Waals surface area contributed by atoms with Gasteiger partial charge in [-0.15, -0.1) is 0 Å². The Morgan fingerprint density at radius 2 is 1.13 bits per heavy atom. The number of methoxy groups -OCH3 is 2. The molecule has 0 aromatic heterocycles. The number of nitrogens with zero attached hydrogens (tertiary/aromatic N) is 2. The summed E-state index contributed by atoms with van der Waals surface area (Å²) in [4.78, 5) is 89.3. The third-order valence-corrected chi connectivity index (χ3v) is 9.69. The van der Waals surface area contributed by atoms with Crippen molar-refractivity contribution in [3.05, 3.63) is 71.8 Å². The molecule has 4 amide bonds. The predicted molar refractivity (Wildman–Crippen MR) is 215 cm³/mol. The number of benzene rings is 2. The highest BCUT2D eigenvalue weighted by atomic mass is 16.7. The van der Waals surface area contributed by atoms with E-state index in [9.17, 15) is 33.6 Å². The number of likely N-dealkylation sites (tertiary alicyclic amines) is 2. The van der Waals surface area contributed by atoms with Crippen LogP contribution in [0.3, 0.4) is 0 Å². The molecule has 4 N–H and O–H groups in total. The van der Waals surface area contributed by atoms with Crippen molar-refractivity contribution in [2.45, 2.75) is 83.7 Å². The zero-order valence-corrected chi connectivity index (χ0v) is 35.4.